The molecule has 9 fully saturated rings. The molecule has 714 valence electrons. The Balaban J connectivity index is 0.000000129. The van der Waals surface area contributed by atoms with Gasteiger partial charge in [-0.3, -0.25) is 70.2 Å². The first-order valence-corrected chi connectivity index (χ1v) is 55.0. The number of aromatic amines is 3. The average molecular weight is 2080 g/mol. The number of alkyl halides is 1. The monoisotopic (exact) mass is 2080 g/mol. The van der Waals surface area contributed by atoms with E-state index in [0.717, 1.165) is 0 Å². The molecular weight excluding hydrogens is 2010 g/mol. The SMILES string of the molecule is Nc1nc2c(ncn2[C@@H]2OC3COP(O)(=S)O[C@H]4[C@@H](O)[C@H](n5ccc6c(N)ccnc65)O[C@@H]4COP(O)(=S)O[C@@H]2C3)c(=O)[nH]1.Nc1nc2c(ncn2[C@@H]2OC3COP(O)(=S)O[C@H]4[C@@H](O)[C@H](n5ccc6c(N)ccnc65)O[C@@H]4COP(O)(=S)O[C@@H]2C3)c(=O)[nH]1.Nc1nc2c(ncn2[C@@H]2O[C@@H]3COP(=O)(S)O[C@@H]4C(F)[C@H](n5cnc6c(N)ccnc65)O[C@@H]4COP(O)(=S)OC2[C@H]3O)c(=O)[nH]1. The van der Waals surface area contributed by atoms with Crippen molar-refractivity contribution < 1.29 is 131 Å². The van der Waals surface area contributed by atoms with E-state index in [2.05, 4.69) is 77.0 Å². The third-order valence-corrected chi connectivity index (χ3v) is 31.8. The Labute approximate surface area is 771 Å². The van der Waals surface area contributed by atoms with E-state index in [1.165, 1.54) is 68.2 Å². The fourth-order valence-electron chi connectivity index (χ4n) is 16.4. The number of nitrogens with two attached hydrogens (primary N) is 6. The first kappa shape index (κ1) is 94.5. The van der Waals surface area contributed by atoms with Crippen LogP contribution in [0.15, 0.2) is 101 Å². The van der Waals surface area contributed by atoms with E-state index in [-0.39, 0.29) is 83.0 Å². The molecule has 0 spiro atoms. The number of nitrogen functional groups attached to an aromatic ring is 6. The number of rotatable bonds is 6. The first-order chi connectivity index (χ1) is 63.1. The first-order valence-electron chi connectivity index (χ1n) is 39.3. The van der Waals surface area contributed by atoms with Gasteiger partial charge in [0.2, 0.25) is 17.8 Å². The summed E-state index contributed by atoms with van der Waals surface area (Å²) in [4.78, 5) is 141. The van der Waals surface area contributed by atoms with Crippen LogP contribution in [0.2, 0.25) is 0 Å². The topological polar surface area (TPSA) is 758 Å². The number of hydrogen-bond acceptors (Lipinski definition) is 46. The number of H-pyrrole nitrogens is 3. The van der Waals surface area contributed by atoms with E-state index >= 15 is 4.39 Å². The standard InChI is InChI=1S/2C22H26N8O10P2S2.C21H24FN9O10P2S2/c2*23-11-1-3-25-17-10(11)2-4-29(17)21-15(31)16-13(38-21)7-36-41(33,43)39-12-5-9(6-35-42(34,44)40-16)37-20(12)30-8-26-14-18(30)27-22(24)28-19(14)32;22-10-14-9(39-19(10)30-5-26-11-7(23)1-2-25-16(11)30)4-37-43(35,45)41-15-13(32)8(3-36-42(34,44)40-14)38-20(15)31-6-27-12-17(31)28-21(24)29-18(12)33/h2*1-4,8-9,12-13,15-16,20-21,31H,5-7H2,(H2,23,25)(H,33,43)(H,34,44)(H3,24,27,28,32);1-2,5-6,8-10,13-15,19-20,32H,3-4H2,(H2,23,25)(H,34,44)(H,35,45)(H3,24,28,29,33)/t2*9?,12-,13-,15-,16-,20-,21-,41?,42?;8-,9-,10?,13+,14+,15?,19-,20-,42?,43?/m111/s1. The molecular formula is C65H76FN25O30P6S6. The van der Waals surface area contributed by atoms with Gasteiger partial charge < -0.3 is 143 Å². The molecule has 21 rings (SSSR count). The van der Waals surface area contributed by atoms with Crippen LogP contribution in [0.1, 0.15) is 50.2 Å². The molecule has 21 heterocycles. The predicted octanol–water partition coefficient (Wildman–Crippen LogP) is 0.556. The number of aliphatic hydroxyl groups excluding tert-OH is 3. The summed E-state index contributed by atoms with van der Waals surface area (Å²) in [6.07, 6.45) is -14.1. The van der Waals surface area contributed by atoms with Crippen molar-refractivity contribution in [3.05, 3.63) is 118 Å². The molecule has 12 aromatic rings. The Morgan fingerprint density at radius 2 is 0.729 bits per heavy atom. The second kappa shape index (κ2) is 36.4. The van der Waals surface area contributed by atoms with Gasteiger partial charge in [0.25, 0.3) is 16.7 Å². The number of imidazole rings is 4. The van der Waals surface area contributed by atoms with Gasteiger partial charge in [-0.25, -0.2) is 43.8 Å². The molecule has 0 amide bonds. The van der Waals surface area contributed by atoms with Gasteiger partial charge in [-0.2, -0.15) is 15.0 Å². The van der Waals surface area contributed by atoms with E-state index in [1.807, 2.05) is 0 Å². The summed E-state index contributed by atoms with van der Waals surface area (Å²) in [6.45, 7) is -27.3. The zero-order chi connectivity index (χ0) is 93.8. The molecule has 9 saturated heterocycles. The number of fused-ring (bicyclic) bond motifs is 15. The van der Waals surface area contributed by atoms with Crippen molar-refractivity contribution in [3.63, 3.8) is 0 Å². The van der Waals surface area contributed by atoms with Crippen molar-refractivity contribution in [2.45, 2.75) is 148 Å². The molecule has 0 saturated carbocycles. The Bertz CT molecular complexity index is 6780. The third kappa shape index (κ3) is 18.9. The van der Waals surface area contributed by atoms with E-state index in [4.69, 9.17) is 176 Å². The van der Waals surface area contributed by atoms with Crippen molar-refractivity contribution in [2.24, 2.45) is 0 Å². The maximum atomic E-state index is 16.0. The van der Waals surface area contributed by atoms with Gasteiger partial charge in [-0.05, 0) is 89.4 Å². The molecule has 28 atom stereocenters. The van der Waals surface area contributed by atoms with Crippen molar-refractivity contribution in [1.29, 1.82) is 0 Å². The molecule has 0 radical (unpaired) electrons. The van der Waals surface area contributed by atoms with Gasteiger partial charge in [0.15, 0.2) is 82.7 Å². The number of nitrogens with one attached hydrogen (secondary N) is 3. The van der Waals surface area contributed by atoms with E-state index in [1.54, 1.807) is 45.8 Å². The molecule has 9 aliphatic heterocycles. The summed E-state index contributed by atoms with van der Waals surface area (Å²) in [6, 6.07) is 8.24. The highest BCUT2D eigenvalue weighted by Crippen LogP contribution is 2.61. The molecule has 0 aliphatic carbocycles. The second-order valence-electron chi connectivity index (χ2n) is 30.9. The molecule has 0 aromatic carbocycles. The van der Waals surface area contributed by atoms with Gasteiger partial charge in [-0.1, -0.05) is 12.2 Å². The van der Waals surface area contributed by atoms with Crippen LogP contribution in [0.3, 0.4) is 0 Å². The quantitative estimate of drug-likeness (QED) is 0.0798. The van der Waals surface area contributed by atoms with Crippen LogP contribution in [0.4, 0.5) is 39.3 Å². The molecule has 133 heavy (non-hydrogen) atoms. The van der Waals surface area contributed by atoms with Gasteiger partial charge in [0, 0.05) is 66.0 Å². The lowest BCUT2D eigenvalue weighted by Crippen LogP contribution is -2.36. The van der Waals surface area contributed by atoms with Gasteiger partial charge in [0.05, 0.1) is 82.8 Å². The molecule has 68 heteroatoms. The molecule has 10 unspecified atom stereocenters. The number of hydrogen-bond donors (Lipinski definition) is 18. The van der Waals surface area contributed by atoms with Crippen LogP contribution < -0.4 is 51.1 Å². The maximum absolute atomic E-state index is 16.0. The number of aliphatic hydroxyl groups is 3. The lowest BCUT2D eigenvalue weighted by molar-refractivity contribution is -0.0603. The van der Waals surface area contributed by atoms with Crippen molar-refractivity contribution in [2.75, 3.05) is 74.0 Å². The zero-order valence-electron chi connectivity index (χ0n) is 67.2. The van der Waals surface area contributed by atoms with Crippen LogP contribution in [0.5, 0.6) is 0 Å². The minimum atomic E-state index is -4.39. The van der Waals surface area contributed by atoms with Crippen LogP contribution in [-0.4, -0.2) is 269 Å². The van der Waals surface area contributed by atoms with Crippen molar-refractivity contribution in [1.82, 2.24) is 92.2 Å². The molecule has 55 nitrogen and oxygen atoms in total. The lowest BCUT2D eigenvalue weighted by Gasteiger charge is -2.28. The van der Waals surface area contributed by atoms with Gasteiger partial charge in [0.1, 0.15) is 96.2 Å². The minimum absolute atomic E-state index is 0.000451. The molecule has 12 aromatic heterocycles. The normalized spacial score (nSPS) is 36.9. The number of pyridine rings is 3. The fraction of sp³-hybridized carbons (Fsp3) is 0.462. The van der Waals surface area contributed by atoms with Crippen molar-refractivity contribution >= 4 is 213 Å². The highest BCUT2D eigenvalue weighted by molar-refractivity contribution is 8.44. The number of nitrogens with zero attached hydrogens (tertiary/aromatic N) is 16. The number of thiol groups is 1. The number of ether oxygens (including phenoxy) is 6. The van der Waals surface area contributed by atoms with Gasteiger partial charge >= 0.3 is 40.4 Å². The fourth-order valence-corrected chi connectivity index (χ4v) is 25.1. The van der Waals surface area contributed by atoms with Crippen LogP contribution in [0.25, 0.3) is 66.7 Å². The summed E-state index contributed by atoms with van der Waals surface area (Å²) in [7, 11) is 0. The van der Waals surface area contributed by atoms with Crippen molar-refractivity contribution in [3.8, 4) is 0 Å². The lowest BCUT2D eigenvalue weighted by atomic mass is 10.1. The Morgan fingerprint density at radius 3 is 1.17 bits per heavy atom. The summed E-state index contributed by atoms with van der Waals surface area (Å²) >= 11 is 30.5. The van der Waals surface area contributed by atoms with E-state index in [0.29, 0.717) is 44.6 Å². The average Bonchev–Trinajstić information content (AvgIpc) is 1.60. The summed E-state index contributed by atoms with van der Waals surface area (Å²) in [5.74, 6) is -0.516. The summed E-state index contributed by atoms with van der Waals surface area (Å²) in [5, 5.41) is 35.0. The molecule has 6 bridgehead atoms. The Kier molecular flexibility index (Phi) is 25.9. The minimum Gasteiger partial charge on any atom is -0.398 e. The highest BCUT2D eigenvalue weighted by Gasteiger charge is 2.57. The Morgan fingerprint density at radius 1 is 0.376 bits per heavy atom. The third-order valence-electron chi connectivity index (χ3n) is 22.3. The van der Waals surface area contributed by atoms with Crippen LogP contribution >= 0.6 is 52.6 Å². The Hall–Kier alpha value is -7.43. The van der Waals surface area contributed by atoms with E-state index in [9.17, 15) is 58.7 Å². The van der Waals surface area contributed by atoms with E-state index < -0.39 is 219 Å². The predicted molar refractivity (Wildman–Crippen MR) is 478 cm³/mol. The number of anilines is 6. The largest absolute Gasteiger partial charge is 0.398 e. The highest BCUT2D eigenvalue weighted by atomic mass is 32.7. The van der Waals surface area contributed by atoms with Crippen LogP contribution in [0, 0.1) is 0 Å². The second-order valence-corrected chi connectivity index (χ2v) is 47.7. The number of halogens is 1. The molecule has 9 aliphatic rings. The number of aromatic nitrogens is 19. The summed E-state index contributed by atoms with van der Waals surface area (Å²) in [5.41, 5.74) is 36.2. The van der Waals surface area contributed by atoms with Crippen LogP contribution in [-0.2, 0) is 146 Å². The summed E-state index contributed by atoms with van der Waals surface area (Å²) < 4.78 is 142. The smallest absolute Gasteiger partial charge is 0.386 e. The molecule has 23 N–H and O–H groups in total. The van der Waals surface area contributed by atoms with Gasteiger partial charge in [-0.15, -0.1) is 0 Å². The maximum Gasteiger partial charge on any atom is 0.386 e. The zero-order valence-corrected chi connectivity index (χ0v) is 77.5.